The molecule has 3 aromatic carbocycles. The van der Waals surface area contributed by atoms with Crippen LogP contribution in [0.3, 0.4) is 0 Å². The van der Waals surface area contributed by atoms with Gasteiger partial charge in [-0.1, -0.05) is 79.2 Å². The summed E-state index contributed by atoms with van der Waals surface area (Å²) in [7, 11) is 1.54. The molecule has 2 fully saturated rings. The first-order valence-corrected chi connectivity index (χ1v) is 20.3. The van der Waals surface area contributed by atoms with Crippen molar-refractivity contribution >= 4 is 36.1 Å². The van der Waals surface area contributed by atoms with Crippen LogP contribution >= 0.6 is 0 Å². The topological polar surface area (TPSA) is 188 Å². The van der Waals surface area contributed by atoms with Crippen LogP contribution in [0.25, 0.3) is 0 Å². The van der Waals surface area contributed by atoms with Crippen LogP contribution in [0, 0.1) is 0 Å². The van der Waals surface area contributed by atoms with Crippen molar-refractivity contribution < 1.29 is 57.2 Å². The standard InChI is InChI=1S/C44H54N4O12/c1-31(59-44(54)60-36-17-10-5-11-18-36)58-39(49)28-47-25-26-48(38(41(47)51)19-12-24-45-42(52)56-29-33-13-6-3-7-14-33)40(50)37(27-32-20-22-35(55-2)23-21-32)46-43(53)57-30-34-15-8-4-9-16-34/h3-4,6-9,13-16,20-23,31,36-38H,5,10-12,17-19,24-30H2,1-2H3,(H,45,52)(H,46,53)/t31?,37-,38-/m0/s1. The number of nitrogens with one attached hydrogen (secondary N) is 2. The smallest absolute Gasteiger partial charge is 0.497 e. The molecule has 0 spiro atoms. The molecule has 3 atom stereocenters. The number of piperazine rings is 1. The second-order valence-corrected chi connectivity index (χ2v) is 14.6. The number of hydrogen-bond acceptors (Lipinski definition) is 12. The van der Waals surface area contributed by atoms with E-state index in [-0.39, 0.29) is 58.2 Å². The van der Waals surface area contributed by atoms with Gasteiger partial charge in [-0.15, -0.1) is 0 Å². The summed E-state index contributed by atoms with van der Waals surface area (Å²) in [5.74, 6) is -1.31. The average Bonchev–Trinajstić information content (AvgIpc) is 3.25. The molecule has 60 heavy (non-hydrogen) atoms. The average molecular weight is 831 g/mol. The van der Waals surface area contributed by atoms with E-state index in [4.69, 9.17) is 28.4 Å². The third-order valence-electron chi connectivity index (χ3n) is 10.1. The predicted molar refractivity (Wildman–Crippen MR) is 216 cm³/mol. The van der Waals surface area contributed by atoms with Gasteiger partial charge in [0.2, 0.25) is 18.1 Å². The Hall–Kier alpha value is -6.32. The van der Waals surface area contributed by atoms with E-state index in [2.05, 4.69) is 10.6 Å². The van der Waals surface area contributed by atoms with Crippen LogP contribution in [-0.2, 0) is 57.7 Å². The molecule has 0 radical (unpaired) electrons. The summed E-state index contributed by atoms with van der Waals surface area (Å²) in [5, 5.41) is 5.38. The number of hydrogen-bond donors (Lipinski definition) is 2. The molecule has 0 aromatic heterocycles. The van der Waals surface area contributed by atoms with Gasteiger partial charge in [0.1, 0.15) is 43.7 Å². The van der Waals surface area contributed by atoms with Crippen LogP contribution in [-0.4, -0.2) is 104 Å². The van der Waals surface area contributed by atoms with Crippen LogP contribution in [0.2, 0.25) is 0 Å². The second kappa shape index (κ2) is 23.3. The van der Waals surface area contributed by atoms with Crippen molar-refractivity contribution in [3.05, 3.63) is 102 Å². The number of esters is 1. The summed E-state index contributed by atoms with van der Waals surface area (Å²) in [5.41, 5.74) is 2.28. The lowest BCUT2D eigenvalue weighted by Gasteiger charge is -2.41. The summed E-state index contributed by atoms with van der Waals surface area (Å²) in [4.78, 5) is 82.3. The first kappa shape index (κ1) is 44.8. The quantitative estimate of drug-likeness (QED) is 0.0695. The first-order chi connectivity index (χ1) is 29.1. The minimum atomic E-state index is -1.28. The van der Waals surface area contributed by atoms with Gasteiger partial charge in [-0.25, -0.2) is 14.4 Å². The molecule has 4 amide bonds. The van der Waals surface area contributed by atoms with Gasteiger partial charge in [-0.3, -0.25) is 14.4 Å². The van der Waals surface area contributed by atoms with Gasteiger partial charge in [0.05, 0.1) is 7.11 Å². The van der Waals surface area contributed by atoms with Crippen molar-refractivity contribution in [2.24, 2.45) is 0 Å². The van der Waals surface area contributed by atoms with Gasteiger partial charge in [0, 0.05) is 33.0 Å². The number of carbonyl (C=O) groups excluding carboxylic acids is 6. The number of alkyl carbamates (subject to hydrolysis) is 2. The summed E-state index contributed by atoms with van der Waals surface area (Å²) in [6.45, 7) is 1.03. The zero-order valence-electron chi connectivity index (χ0n) is 34.1. The molecular formula is C44H54N4O12. The van der Waals surface area contributed by atoms with Crippen LogP contribution in [0.1, 0.15) is 68.6 Å². The van der Waals surface area contributed by atoms with Gasteiger partial charge in [-0.2, -0.15) is 0 Å². The molecule has 3 aromatic rings. The van der Waals surface area contributed by atoms with Crippen molar-refractivity contribution in [3.8, 4) is 5.75 Å². The Morgan fingerprint density at radius 2 is 1.40 bits per heavy atom. The monoisotopic (exact) mass is 830 g/mol. The molecule has 16 nitrogen and oxygen atoms in total. The molecule has 0 bridgehead atoms. The fraction of sp³-hybridized carbons (Fsp3) is 0.455. The number of ether oxygens (including phenoxy) is 6. The first-order valence-electron chi connectivity index (χ1n) is 20.3. The Kier molecular flexibility index (Phi) is 17.4. The number of methoxy groups -OCH3 is 1. The maximum absolute atomic E-state index is 14.5. The number of benzene rings is 3. The van der Waals surface area contributed by atoms with E-state index in [9.17, 15) is 28.8 Å². The zero-order chi connectivity index (χ0) is 42.7. The van der Waals surface area contributed by atoms with Crippen LogP contribution in [0.15, 0.2) is 84.9 Å². The van der Waals surface area contributed by atoms with Crippen molar-refractivity contribution in [3.63, 3.8) is 0 Å². The molecule has 5 rings (SSSR count). The Labute approximate surface area is 349 Å². The molecule has 1 aliphatic heterocycles. The van der Waals surface area contributed by atoms with E-state index in [1.165, 1.54) is 23.8 Å². The van der Waals surface area contributed by atoms with Crippen molar-refractivity contribution in [1.29, 1.82) is 0 Å². The second-order valence-electron chi connectivity index (χ2n) is 14.6. The van der Waals surface area contributed by atoms with E-state index < -0.39 is 61.0 Å². The number of rotatable bonds is 18. The Balaban J connectivity index is 1.25. The maximum Gasteiger partial charge on any atom is 0.511 e. The molecule has 1 saturated heterocycles. The Morgan fingerprint density at radius 1 is 0.767 bits per heavy atom. The lowest BCUT2D eigenvalue weighted by molar-refractivity contribution is -0.173. The van der Waals surface area contributed by atoms with E-state index in [0.717, 1.165) is 43.2 Å². The molecule has 1 saturated carbocycles. The summed E-state index contributed by atoms with van der Waals surface area (Å²) in [6, 6.07) is 23.0. The number of amides is 4. The van der Waals surface area contributed by atoms with E-state index >= 15 is 0 Å². The third kappa shape index (κ3) is 14.5. The third-order valence-corrected chi connectivity index (χ3v) is 10.1. The molecule has 322 valence electrons. The number of carbonyl (C=O) groups is 6. The van der Waals surface area contributed by atoms with Crippen LogP contribution < -0.4 is 15.4 Å². The summed E-state index contributed by atoms with van der Waals surface area (Å²) in [6.07, 6.45) is 0.939. The molecule has 1 unspecified atom stereocenters. The fourth-order valence-electron chi connectivity index (χ4n) is 6.99. The van der Waals surface area contributed by atoms with E-state index in [1.54, 1.807) is 36.4 Å². The SMILES string of the molecule is COc1ccc(C[C@H](NC(=O)OCc2ccccc2)C(=O)N2CCN(CC(=O)OC(C)OC(=O)OC3CCCCC3)C(=O)[C@@H]2CCCNC(=O)OCc2ccccc2)cc1. The molecule has 16 heteroatoms. The van der Waals surface area contributed by atoms with Crippen molar-refractivity contribution in [2.45, 2.75) is 96.0 Å². The van der Waals surface area contributed by atoms with E-state index in [0.29, 0.717) is 11.3 Å². The molecule has 1 heterocycles. The van der Waals surface area contributed by atoms with Crippen LogP contribution in [0.4, 0.5) is 14.4 Å². The summed E-state index contributed by atoms with van der Waals surface area (Å²) < 4.78 is 31.8. The lowest BCUT2D eigenvalue weighted by Crippen LogP contribution is -2.63. The fourth-order valence-corrected chi connectivity index (χ4v) is 6.99. The predicted octanol–water partition coefficient (Wildman–Crippen LogP) is 5.65. The normalized spacial score (nSPS) is 16.4. The van der Waals surface area contributed by atoms with Gasteiger partial charge in [0.25, 0.3) is 0 Å². The van der Waals surface area contributed by atoms with Gasteiger partial charge in [0.15, 0.2) is 0 Å². The number of nitrogens with zero attached hydrogens (tertiary/aromatic N) is 2. The minimum absolute atomic E-state index is 0.00862. The molecule has 2 N–H and O–H groups in total. The Morgan fingerprint density at radius 3 is 2.03 bits per heavy atom. The summed E-state index contributed by atoms with van der Waals surface area (Å²) >= 11 is 0. The highest BCUT2D eigenvalue weighted by Crippen LogP contribution is 2.22. The van der Waals surface area contributed by atoms with Crippen molar-refractivity contribution in [2.75, 3.05) is 33.3 Å². The largest absolute Gasteiger partial charge is 0.511 e. The van der Waals surface area contributed by atoms with Gasteiger partial charge in [-0.05, 0) is 67.3 Å². The maximum atomic E-state index is 14.5. The van der Waals surface area contributed by atoms with Gasteiger partial charge < -0.3 is 48.9 Å². The molecular weight excluding hydrogens is 776 g/mol. The van der Waals surface area contributed by atoms with Crippen molar-refractivity contribution in [1.82, 2.24) is 20.4 Å². The lowest BCUT2D eigenvalue weighted by atomic mass is 9.98. The van der Waals surface area contributed by atoms with Crippen LogP contribution in [0.5, 0.6) is 5.75 Å². The van der Waals surface area contributed by atoms with E-state index in [1.807, 2.05) is 48.5 Å². The Bertz CT molecular complexity index is 1860. The highest BCUT2D eigenvalue weighted by atomic mass is 16.8. The minimum Gasteiger partial charge on any atom is -0.497 e. The molecule has 1 aliphatic carbocycles. The highest BCUT2D eigenvalue weighted by Gasteiger charge is 2.41. The zero-order valence-corrected chi connectivity index (χ0v) is 34.1. The van der Waals surface area contributed by atoms with Gasteiger partial charge >= 0.3 is 24.3 Å². The highest BCUT2D eigenvalue weighted by molar-refractivity contribution is 5.93. The molecule has 2 aliphatic rings.